The summed E-state index contributed by atoms with van der Waals surface area (Å²) < 4.78 is 7.99. The van der Waals surface area contributed by atoms with Gasteiger partial charge in [-0.2, -0.15) is 0 Å². The summed E-state index contributed by atoms with van der Waals surface area (Å²) in [7, 11) is 0. The Morgan fingerprint density at radius 3 is 2.79 bits per heavy atom. The summed E-state index contributed by atoms with van der Waals surface area (Å²) in [5.41, 5.74) is 4.03. The standard InChI is InChI=1S/C27H24N4O2/c32-18-5-4-15-30-16-6-9-24(30)27-29-26(25-19-28-14-17-31(25)27)22-12-10-21(11-13-22)20-33-23-7-2-1-3-8-23/h1-3,7-8,10-14,17-19,24H,6,9,15-16,20H2. The van der Waals surface area contributed by atoms with Crippen molar-refractivity contribution in [3.8, 4) is 28.8 Å². The number of hydrogen-bond acceptors (Lipinski definition) is 5. The third-order valence-corrected chi connectivity index (χ3v) is 5.95. The fourth-order valence-electron chi connectivity index (χ4n) is 4.35. The molecular formula is C27H24N4O2. The van der Waals surface area contributed by atoms with E-state index in [0.29, 0.717) is 19.4 Å². The van der Waals surface area contributed by atoms with Crippen LogP contribution in [0.15, 0.2) is 73.2 Å². The van der Waals surface area contributed by atoms with Gasteiger partial charge in [0.25, 0.3) is 0 Å². The zero-order valence-corrected chi connectivity index (χ0v) is 18.2. The Hall–Kier alpha value is -3.95. The number of hydrogen-bond donors (Lipinski definition) is 0. The van der Waals surface area contributed by atoms with E-state index in [1.54, 1.807) is 6.20 Å². The molecule has 2 aromatic carbocycles. The molecule has 1 saturated heterocycles. The second-order valence-electron chi connectivity index (χ2n) is 8.02. The monoisotopic (exact) mass is 436 g/mol. The molecule has 0 amide bonds. The lowest BCUT2D eigenvalue weighted by Gasteiger charge is -2.20. The van der Waals surface area contributed by atoms with Gasteiger partial charge in [0.05, 0.1) is 30.0 Å². The predicted octanol–water partition coefficient (Wildman–Crippen LogP) is 4.31. The fraction of sp³-hybridized carbons (Fsp3) is 0.222. The first-order valence-corrected chi connectivity index (χ1v) is 11.1. The van der Waals surface area contributed by atoms with E-state index < -0.39 is 0 Å². The molecule has 4 aromatic rings. The van der Waals surface area contributed by atoms with E-state index in [9.17, 15) is 4.79 Å². The van der Waals surface area contributed by atoms with Gasteiger partial charge in [-0.15, -0.1) is 0 Å². The summed E-state index contributed by atoms with van der Waals surface area (Å²) in [6.07, 6.45) is 8.37. The van der Waals surface area contributed by atoms with Gasteiger partial charge in [0.1, 0.15) is 18.2 Å². The van der Waals surface area contributed by atoms with Crippen molar-refractivity contribution in [3.63, 3.8) is 0 Å². The van der Waals surface area contributed by atoms with E-state index in [4.69, 9.17) is 9.72 Å². The highest BCUT2D eigenvalue weighted by atomic mass is 16.5. The average Bonchev–Trinajstić information content (AvgIpc) is 3.48. The van der Waals surface area contributed by atoms with Crippen molar-refractivity contribution in [2.24, 2.45) is 0 Å². The molecule has 1 atom stereocenters. The summed E-state index contributed by atoms with van der Waals surface area (Å²) in [4.78, 5) is 22.3. The van der Waals surface area contributed by atoms with Crippen molar-refractivity contribution in [1.29, 1.82) is 0 Å². The Morgan fingerprint density at radius 1 is 1.12 bits per heavy atom. The molecular weight excluding hydrogens is 412 g/mol. The number of carbonyl (C=O) groups is 1. The van der Waals surface area contributed by atoms with Gasteiger partial charge in [0.15, 0.2) is 6.29 Å². The van der Waals surface area contributed by atoms with E-state index in [-0.39, 0.29) is 6.04 Å². The summed E-state index contributed by atoms with van der Waals surface area (Å²) in [5.74, 6) is 7.31. The number of ether oxygens (including phenoxy) is 1. The topological polar surface area (TPSA) is 59.7 Å². The van der Waals surface area contributed by atoms with Crippen LogP contribution < -0.4 is 4.74 Å². The largest absolute Gasteiger partial charge is 0.489 e. The molecule has 3 heterocycles. The third kappa shape index (κ3) is 4.50. The van der Waals surface area contributed by atoms with Crippen molar-refractivity contribution >= 4 is 11.8 Å². The molecule has 0 spiro atoms. The molecule has 1 fully saturated rings. The first kappa shape index (κ1) is 20.9. The molecule has 5 rings (SSSR count). The second kappa shape index (κ2) is 9.68. The fourth-order valence-corrected chi connectivity index (χ4v) is 4.35. The highest BCUT2D eigenvalue weighted by molar-refractivity contribution is 5.77. The first-order valence-electron chi connectivity index (χ1n) is 11.1. The molecule has 0 aliphatic carbocycles. The van der Waals surface area contributed by atoms with Crippen molar-refractivity contribution in [1.82, 2.24) is 19.3 Å². The Balaban J connectivity index is 1.41. The smallest absolute Gasteiger partial charge is 0.192 e. The van der Waals surface area contributed by atoms with Crippen LogP contribution in [0.3, 0.4) is 0 Å². The van der Waals surface area contributed by atoms with E-state index in [0.717, 1.165) is 53.3 Å². The molecule has 0 bridgehead atoms. The van der Waals surface area contributed by atoms with Crippen LogP contribution in [0, 0.1) is 11.8 Å². The quantitative estimate of drug-likeness (QED) is 0.333. The summed E-state index contributed by atoms with van der Waals surface area (Å²) in [5, 5.41) is 0. The van der Waals surface area contributed by atoms with Crippen LogP contribution in [-0.4, -0.2) is 38.6 Å². The number of aldehydes is 1. The normalized spacial score (nSPS) is 15.8. The number of para-hydroxylation sites is 1. The van der Waals surface area contributed by atoms with Crippen LogP contribution in [-0.2, 0) is 11.4 Å². The molecule has 0 saturated carbocycles. The third-order valence-electron chi connectivity index (χ3n) is 5.95. The van der Waals surface area contributed by atoms with Crippen LogP contribution in [0.1, 0.15) is 30.3 Å². The Kier molecular flexibility index (Phi) is 6.14. The van der Waals surface area contributed by atoms with Crippen LogP contribution in [0.25, 0.3) is 16.8 Å². The number of fused-ring (bicyclic) bond motifs is 1. The number of carbonyl (C=O) groups excluding carboxylic acids is 1. The minimum Gasteiger partial charge on any atom is -0.489 e. The summed E-state index contributed by atoms with van der Waals surface area (Å²) in [6, 6.07) is 18.3. The van der Waals surface area contributed by atoms with Crippen LogP contribution in [0.2, 0.25) is 0 Å². The van der Waals surface area contributed by atoms with E-state index >= 15 is 0 Å². The number of imidazole rings is 1. The van der Waals surface area contributed by atoms with Gasteiger partial charge >= 0.3 is 0 Å². The maximum absolute atomic E-state index is 10.6. The average molecular weight is 437 g/mol. The van der Waals surface area contributed by atoms with Crippen LogP contribution in [0.4, 0.5) is 0 Å². The molecule has 1 aliphatic rings. The van der Waals surface area contributed by atoms with Gasteiger partial charge in [-0.05, 0) is 43.0 Å². The van der Waals surface area contributed by atoms with Gasteiger partial charge in [0.2, 0.25) is 0 Å². The molecule has 6 nitrogen and oxygen atoms in total. The number of rotatable bonds is 6. The molecule has 33 heavy (non-hydrogen) atoms. The van der Waals surface area contributed by atoms with Gasteiger partial charge < -0.3 is 4.74 Å². The number of benzene rings is 2. The lowest BCUT2D eigenvalue weighted by Crippen LogP contribution is -2.25. The van der Waals surface area contributed by atoms with E-state index in [1.165, 1.54) is 0 Å². The van der Waals surface area contributed by atoms with Gasteiger partial charge in [-0.3, -0.25) is 19.1 Å². The van der Waals surface area contributed by atoms with Gasteiger partial charge in [-0.1, -0.05) is 48.4 Å². The predicted molar refractivity (Wildman–Crippen MR) is 127 cm³/mol. The van der Waals surface area contributed by atoms with Gasteiger partial charge in [0, 0.05) is 18.0 Å². The van der Waals surface area contributed by atoms with Crippen molar-refractivity contribution in [2.45, 2.75) is 25.5 Å². The highest BCUT2D eigenvalue weighted by Crippen LogP contribution is 2.34. The second-order valence-corrected chi connectivity index (χ2v) is 8.02. The molecule has 164 valence electrons. The van der Waals surface area contributed by atoms with Crippen molar-refractivity contribution < 1.29 is 9.53 Å². The number of aromatic nitrogens is 3. The Morgan fingerprint density at radius 2 is 1.97 bits per heavy atom. The summed E-state index contributed by atoms with van der Waals surface area (Å²) >= 11 is 0. The minimum absolute atomic E-state index is 0.160. The molecule has 6 heteroatoms. The van der Waals surface area contributed by atoms with E-state index in [1.807, 2.05) is 42.7 Å². The molecule has 0 radical (unpaired) electrons. The maximum Gasteiger partial charge on any atom is 0.192 e. The molecule has 2 aromatic heterocycles. The zero-order valence-electron chi connectivity index (χ0n) is 18.2. The molecule has 0 N–H and O–H groups in total. The number of nitrogens with zero attached hydrogens (tertiary/aromatic N) is 4. The zero-order chi connectivity index (χ0) is 22.5. The lowest BCUT2D eigenvalue weighted by atomic mass is 10.1. The lowest BCUT2D eigenvalue weighted by molar-refractivity contribution is -0.103. The number of likely N-dealkylation sites (tertiary alicyclic amines) is 1. The maximum atomic E-state index is 10.6. The van der Waals surface area contributed by atoms with Crippen molar-refractivity contribution in [3.05, 3.63) is 84.6 Å². The Labute approximate surface area is 192 Å². The SMILES string of the molecule is O=CC#CCN1CCCC1c1nc(-c2ccc(COc3ccccc3)cc2)c2cnccn12. The van der Waals surface area contributed by atoms with Gasteiger partial charge in [-0.25, -0.2) is 4.98 Å². The first-order chi connectivity index (χ1) is 16.3. The Bertz CT molecular complexity index is 1300. The summed E-state index contributed by atoms with van der Waals surface area (Å²) in [6.45, 7) is 2.03. The molecule has 1 aliphatic heterocycles. The van der Waals surface area contributed by atoms with Crippen LogP contribution in [0.5, 0.6) is 5.75 Å². The van der Waals surface area contributed by atoms with Crippen LogP contribution >= 0.6 is 0 Å². The minimum atomic E-state index is 0.160. The van der Waals surface area contributed by atoms with Crippen molar-refractivity contribution in [2.75, 3.05) is 13.1 Å². The highest BCUT2D eigenvalue weighted by Gasteiger charge is 2.30. The van der Waals surface area contributed by atoms with E-state index in [2.05, 4.69) is 50.4 Å². The molecule has 1 unspecified atom stereocenters.